The molecule has 3 aliphatic heterocycles. The molecule has 0 bridgehead atoms. The van der Waals surface area contributed by atoms with Gasteiger partial charge in [0.1, 0.15) is 5.84 Å². The average molecular weight is 463 g/mol. The fourth-order valence-electron chi connectivity index (χ4n) is 4.48. The van der Waals surface area contributed by atoms with Crippen LogP contribution in [0.25, 0.3) is 0 Å². The lowest BCUT2D eigenvalue weighted by Crippen LogP contribution is -2.55. The molecule has 3 aliphatic rings. The molecule has 176 valence electrons. The number of rotatable bonds is 4. The van der Waals surface area contributed by atoms with Crippen LogP contribution in [0, 0.1) is 0 Å². The molecule has 5 rings (SSSR count). The van der Waals surface area contributed by atoms with E-state index >= 15 is 0 Å². The maximum atomic E-state index is 13.2. The van der Waals surface area contributed by atoms with Gasteiger partial charge in [-0.3, -0.25) is 19.4 Å². The summed E-state index contributed by atoms with van der Waals surface area (Å²) in [6, 6.07) is 10.4. The number of carbonyl (C=O) groups excluding carboxylic acids is 3. The minimum atomic E-state index is -1.71. The van der Waals surface area contributed by atoms with Gasteiger partial charge in [-0.2, -0.15) is 0 Å². The number of amides is 3. The first-order valence-corrected chi connectivity index (χ1v) is 11.0. The number of ether oxygens (including phenoxy) is 1. The van der Waals surface area contributed by atoms with Gasteiger partial charge in [-0.15, -0.1) is 0 Å². The van der Waals surface area contributed by atoms with Gasteiger partial charge >= 0.3 is 0 Å². The van der Waals surface area contributed by atoms with Gasteiger partial charge in [-0.05, 0) is 61.4 Å². The Bertz CT molecular complexity index is 1250. The first kappa shape index (κ1) is 22.1. The molecule has 3 amide bonds. The molecule has 34 heavy (non-hydrogen) atoms. The quantitative estimate of drug-likeness (QED) is 0.529. The van der Waals surface area contributed by atoms with Crippen molar-refractivity contribution in [2.24, 2.45) is 10.7 Å². The van der Waals surface area contributed by atoms with Gasteiger partial charge in [0.15, 0.2) is 12.2 Å². The number of aliphatic hydroxyl groups excluding tert-OH is 1. The van der Waals surface area contributed by atoms with Crippen molar-refractivity contribution in [3.05, 3.63) is 53.1 Å². The number of nitrogens with zero attached hydrogens (tertiary/aromatic N) is 2. The Labute approximate surface area is 195 Å². The molecule has 10 heteroatoms. The molecule has 0 spiro atoms. The lowest BCUT2D eigenvalue weighted by Gasteiger charge is -2.34. The van der Waals surface area contributed by atoms with E-state index in [9.17, 15) is 19.5 Å². The van der Waals surface area contributed by atoms with Crippen LogP contribution in [0.2, 0.25) is 0 Å². The monoisotopic (exact) mass is 463 g/mol. The van der Waals surface area contributed by atoms with Crippen molar-refractivity contribution in [3.63, 3.8) is 0 Å². The first-order chi connectivity index (χ1) is 16.2. The number of anilines is 3. The van der Waals surface area contributed by atoms with E-state index < -0.39 is 29.4 Å². The van der Waals surface area contributed by atoms with Crippen LogP contribution in [0.3, 0.4) is 0 Å². The highest BCUT2D eigenvalue weighted by molar-refractivity contribution is 6.08. The molecule has 5 N–H and O–H groups in total. The van der Waals surface area contributed by atoms with Crippen LogP contribution >= 0.6 is 0 Å². The summed E-state index contributed by atoms with van der Waals surface area (Å²) in [7, 11) is 0. The summed E-state index contributed by atoms with van der Waals surface area (Å²) in [4.78, 5) is 43.8. The van der Waals surface area contributed by atoms with Crippen molar-refractivity contribution in [2.75, 3.05) is 28.7 Å². The van der Waals surface area contributed by atoms with E-state index in [-0.39, 0.29) is 19.1 Å². The van der Waals surface area contributed by atoms with Gasteiger partial charge in [-0.25, -0.2) is 0 Å². The van der Waals surface area contributed by atoms with E-state index in [1.807, 2.05) is 13.8 Å². The summed E-state index contributed by atoms with van der Waals surface area (Å²) in [6.45, 7) is 4.46. The molecule has 3 heterocycles. The third kappa shape index (κ3) is 3.51. The summed E-state index contributed by atoms with van der Waals surface area (Å²) >= 11 is 0. The third-order valence-electron chi connectivity index (χ3n) is 6.55. The lowest BCUT2D eigenvalue weighted by molar-refractivity contribution is -0.150. The number of aliphatic imine (C=N–C) groups is 1. The number of nitrogens with one attached hydrogen (secondary N) is 2. The van der Waals surface area contributed by atoms with Crippen molar-refractivity contribution in [3.8, 4) is 0 Å². The number of aliphatic hydroxyl groups is 1. The van der Waals surface area contributed by atoms with Crippen LogP contribution in [-0.4, -0.2) is 54.0 Å². The van der Waals surface area contributed by atoms with E-state index in [2.05, 4.69) is 15.6 Å². The van der Waals surface area contributed by atoms with Crippen LogP contribution in [0.5, 0.6) is 0 Å². The summed E-state index contributed by atoms with van der Waals surface area (Å²) in [5.74, 6) is -0.945. The summed E-state index contributed by atoms with van der Waals surface area (Å²) < 4.78 is 5.50. The molecule has 1 unspecified atom stereocenters. The maximum Gasteiger partial charge on any atom is 0.259 e. The molecule has 1 saturated heterocycles. The molecule has 0 aromatic heterocycles. The molecule has 2 aromatic rings. The Balaban J connectivity index is 1.32. The topological polar surface area (TPSA) is 146 Å². The zero-order valence-corrected chi connectivity index (χ0v) is 18.8. The SMILES string of the molecule is CC1(C)C(=O)Nc2ccc(N3CCOC([C@@H](O)C(=O)Nc4ccc5c(c4)CN=C5N)C3=O)cc21. The third-order valence-corrected chi connectivity index (χ3v) is 6.55. The van der Waals surface area contributed by atoms with Gasteiger partial charge in [-0.1, -0.05) is 0 Å². The number of carbonyl (C=O) groups is 3. The molecule has 2 atom stereocenters. The minimum absolute atomic E-state index is 0.112. The van der Waals surface area contributed by atoms with E-state index in [1.165, 1.54) is 4.90 Å². The number of morpholine rings is 1. The Morgan fingerprint density at radius 1 is 1.29 bits per heavy atom. The zero-order chi connectivity index (χ0) is 24.2. The minimum Gasteiger partial charge on any atom is -0.383 e. The highest BCUT2D eigenvalue weighted by Crippen LogP contribution is 2.39. The zero-order valence-electron chi connectivity index (χ0n) is 18.8. The van der Waals surface area contributed by atoms with E-state index in [0.29, 0.717) is 29.4 Å². The molecular formula is C24H25N5O5. The Kier molecular flexibility index (Phi) is 5.14. The average Bonchev–Trinajstić information content (AvgIpc) is 3.29. The van der Waals surface area contributed by atoms with Gasteiger partial charge < -0.3 is 31.1 Å². The van der Waals surface area contributed by atoms with Gasteiger partial charge in [0.25, 0.3) is 11.8 Å². The summed E-state index contributed by atoms with van der Waals surface area (Å²) in [5, 5.41) is 16.1. The predicted octanol–water partition coefficient (Wildman–Crippen LogP) is 0.867. The summed E-state index contributed by atoms with van der Waals surface area (Å²) in [6.07, 6.45) is -3.07. The molecule has 0 saturated carbocycles. The standard InChI is InChI=1S/C24H25N5O5/c1-24(2)16-10-14(4-6-17(16)28-23(24)33)29-7-8-34-19(22(29)32)18(30)21(31)27-13-3-5-15-12(9-13)11-26-20(15)25/h3-6,9-10,18-19,30H,7-8,11H2,1-2H3,(H2,25,26)(H,27,31)(H,28,33)/t18-,19?/m1/s1. The van der Waals surface area contributed by atoms with Crippen molar-refractivity contribution in [1.29, 1.82) is 0 Å². The van der Waals surface area contributed by atoms with Gasteiger partial charge in [0.2, 0.25) is 5.91 Å². The van der Waals surface area contributed by atoms with Crippen LogP contribution in [0.1, 0.15) is 30.5 Å². The van der Waals surface area contributed by atoms with E-state index in [4.69, 9.17) is 10.5 Å². The molecular weight excluding hydrogens is 438 g/mol. The Morgan fingerprint density at radius 3 is 2.88 bits per heavy atom. The second-order valence-electron chi connectivity index (χ2n) is 9.10. The molecule has 2 aromatic carbocycles. The molecule has 10 nitrogen and oxygen atoms in total. The van der Waals surface area contributed by atoms with Crippen LogP contribution in [0.4, 0.5) is 17.1 Å². The second-order valence-corrected chi connectivity index (χ2v) is 9.10. The number of benzene rings is 2. The number of hydrogen-bond donors (Lipinski definition) is 4. The highest BCUT2D eigenvalue weighted by atomic mass is 16.5. The number of hydrogen-bond acceptors (Lipinski definition) is 7. The van der Waals surface area contributed by atoms with Gasteiger partial charge in [0.05, 0.1) is 18.6 Å². The number of nitrogens with two attached hydrogens (primary N) is 1. The van der Waals surface area contributed by atoms with Crippen molar-refractivity contribution in [1.82, 2.24) is 0 Å². The van der Waals surface area contributed by atoms with Crippen LogP contribution in [-0.2, 0) is 31.1 Å². The second kappa shape index (κ2) is 7.93. The van der Waals surface area contributed by atoms with Crippen molar-refractivity contribution in [2.45, 2.75) is 38.0 Å². The smallest absolute Gasteiger partial charge is 0.259 e. The van der Waals surface area contributed by atoms with E-state index in [1.54, 1.807) is 36.4 Å². The largest absolute Gasteiger partial charge is 0.383 e. The molecule has 1 fully saturated rings. The van der Waals surface area contributed by atoms with Crippen LogP contribution < -0.4 is 21.3 Å². The number of fused-ring (bicyclic) bond motifs is 2. The molecule has 0 radical (unpaired) electrons. The Hall–Kier alpha value is -3.76. The van der Waals surface area contributed by atoms with Crippen LogP contribution in [0.15, 0.2) is 41.4 Å². The van der Waals surface area contributed by atoms with Crippen molar-refractivity contribution >= 4 is 40.6 Å². The summed E-state index contributed by atoms with van der Waals surface area (Å²) in [5.41, 5.74) is 9.29. The molecule has 0 aliphatic carbocycles. The fraction of sp³-hybridized carbons (Fsp3) is 0.333. The normalized spacial score (nSPS) is 21.4. The first-order valence-electron chi connectivity index (χ1n) is 11.0. The Morgan fingerprint density at radius 2 is 2.09 bits per heavy atom. The highest BCUT2D eigenvalue weighted by Gasteiger charge is 2.42. The van der Waals surface area contributed by atoms with E-state index in [0.717, 1.165) is 16.7 Å². The lowest BCUT2D eigenvalue weighted by atomic mass is 9.86. The predicted molar refractivity (Wildman–Crippen MR) is 126 cm³/mol. The maximum absolute atomic E-state index is 13.2. The van der Waals surface area contributed by atoms with Crippen molar-refractivity contribution < 1.29 is 24.2 Å². The fourth-order valence-corrected chi connectivity index (χ4v) is 4.48. The number of amidine groups is 1. The van der Waals surface area contributed by atoms with Gasteiger partial charge in [0, 0.05) is 29.2 Å².